The third kappa shape index (κ3) is 3.04. The standard InChI is InChI=1S/C18H11N7OS/c1-2-4-11(5-3-1)14-22-13-15(23-14)20-10-21-17(13)27-18-25-24-16(26-18)12-6-8-19-9-7-12/h1-10H,(H,20,21,22,23). The SMILES string of the molecule is c1ccc(-c2nc3c(Sc4nnc(-c5ccncc5)o4)ncnc3[nH]2)cc1. The summed E-state index contributed by atoms with van der Waals surface area (Å²) in [6.45, 7) is 0. The van der Waals surface area contributed by atoms with Crippen molar-refractivity contribution in [3.8, 4) is 22.8 Å². The van der Waals surface area contributed by atoms with Crippen molar-refractivity contribution in [2.24, 2.45) is 0 Å². The van der Waals surface area contributed by atoms with Crippen LogP contribution in [0, 0.1) is 0 Å². The van der Waals surface area contributed by atoms with Gasteiger partial charge in [0.25, 0.3) is 5.22 Å². The molecule has 1 aromatic carbocycles. The van der Waals surface area contributed by atoms with Gasteiger partial charge >= 0.3 is 0 Å². The third-order valence-electron chi connectivity index (χ3n) is 3.81. The average Bonchev–Trinajstić information content (AvgIpc) is 3.37. The molecule has 9 heteroatoms. The Hall–Kier alpha value is -3.59. The molecular formula is C18H11N7OS. The molecule has 0 unspecified atom stereocenters. The molecule has 0 radical (unpaired) electrons. The summed E-state index contributed by atoms with van der Waals surface area (Å²) in [6, 6.07) is 13.5. The minimum absolute atomic E-state index is 0.381. The fourth-order valence-corrected chi connectivity index (χ4v) is 3.27. The van der Waals surface area contributed by atoms with Gasteiger partial charge in [0.05, 0.1) is 0 Å². The number of hydrogen-bond donors (Lipinski definition) is 1. The van der Waals surface area contributed by atoms with E-state index in [1.165, 1.54) is 18.1 Å². The van der Waals surface area contributed by atoms with E-state index in [1.807, 2.05) is 42.5 Å². The average molecular weight is 373 g/mol. The number of rotatable bonds is 4. The first-order chi connectivity index (χ1) is 13.4. The Morgan fingerprint density at radius 3 is 2.59 bits per heavy atom. The molecule has 5 aromatic rings. The Morgan fingerprint density at radius 2 is 1.74 bits per heavy atom. The van der Waals surface area contributed by atoms with E-state index in [-0.39, 0.29) is 0 Å². The van der Waals surface area contributed by atoms with E-state index < -0.39 is 0 Å². The van der Waals surface area contributed by atoms with Crippen LogP contribution in [0.5, 0.6) is 0 Å². The van der Waals surface area contributed by atoms with Crippen LogP contribution in [-0.2, 0) is 0 Å². The monoisotopic (exact) mass is 373 g/mol. The summed E-state index contributed by atoms with van der Waals surface area (Å²) in [5.41, 5.74) is 3.10. The van der Waals surface area contributed by atoms with Gasteiger partial charge in [0.2, 0.25) is 5.89 Å². The van der Waals surface area contributed by atoms with Crippen LogP contribution in [0.3, 0.4) is 0 Å². The quantitative estimate of drug-likeness (QED) is 0.476. The van der Waals surface area contributed by atoms with Crippen LogP contribution in [0.1, 0.15) is 0 Å². The summed E-state index contributed by atoms with van der Waals surface area (Å²) in [6.07, 6.45) is 4.84. The summed E-state index contributed by atoms with van der Waals surface area (Å²) < 4.78 is 5.73. The van der Waals surface area contributed by atoms with Crippen molar-refractivity contribution >= 4 is 22.9 Å². The number of aromatic amines is 1. The van der Waals surface area contributed by atoms with E-state index >= 15 is 0 Å². The first-order valence-corrected chi connectivity index (χ1v) is 8.86. The van der Waals surface area contributed by atoms with Crippen LogP contribution in [0.15, 0.2) is 75.9 Å². The molecule has 0 atom stereocenters. The molecule has 0 bridgehead atoms. The number of nitrogens with zero attached hydrogens (tertiary/aromatic N) is 6. The van der Waals surface area contributed by atoms with E-state index in [4.69, 9.17) is 4.42 Å². The summed E-state index contributed by atoms with van der Waals surface area (Å²) in [7, 11) is 0. The Kier molecular flexibility index (Phi) is 3.83. The van der Waals surface area contributed by atoms with Crippen LogP contribution in [0.25, 0.3) is 34.0 Å². The van der Waals surface area contributed by atoms with Crippen molar-refractivity contribution in [2.75, 3.05) is 0 Å². The van der Waals surface area contributed by atoms with Gasteiger partial charge in [-0.3, -0.25) is 4.98 Å². The minimum atomic E-state index is 0.381. The van der Waals surface area contributed by atoms with Crippen LogP contribution in [0.4, 0.5) is 0 Å². The normalized spacial score (nSPS) is 11.1. The van der Waals surface area contributed by atoms with Crippen LogP contribution >= 0.6 is 11.8 Å². The van der Waals surface area contributed by atoms with Gasteiger partial charge in [0.15, 0.2) is 5.65 Å². The van der Waals surface area contributed by atoms with Crippen LogP contribution in [-0.4, -0.2) is 35.1 Å². The van der Waals surface area contributed by atoms with Gasteiger partial charge in [-0.1, -0.05) is 30.3 Å². The number of benzene rings is 1. The van der Waals surface area contributed by atoms with Gasteiger partial charge in [-0.25, -0.2) is 15.0 Å². The molecule has 5 rings (SSSR count). The second-order valence-electron chi connectivity index (χ2n) is 5.54. The molecule has 0 spiro atoms. The molecule has 0 aliphatic carbocycles. The summed E-state index contributed by atoms with van der Waals surface area (Å²) >= 11 is 1.25. The van der Waals surface area contributed by atoms with Crippen molar-refractivity contribution in [3.63, 3.8) is 0 Å². The largest absolute Gasteiger partial charge is 0.411 e. The molecule has 0 aliphatic rings. The molecule has 8 nitrogen and oxygen atoms in total. The molecule has 4 heterocycles. The highest BCUT2D eigenvalue weighted by Crippen LogP contribution is 2.32. The summed E-state index contributed by atoms with van der Waals surface area (Å²) in [5, 5.41) is 9.19. The highest BCUT2D eigenvalue weighted by atomic mass is 32.2. The Labute approximate surface area is 157 Å². The number of imidazole rings is 1. The Balaban J connectivity index is 1.49. The number of pyridine rings is 1. The molecule has 1 N–H and O–H groups in total. The van der Waals surface area contributed by atoms with Gasteiger partial charge in [-0.2, -0.15) is 0 Å². The van der Waals surface area contributed by atoms with E-state index in [0.717, 1.165) is 17.0 Å². The third-order valence-corrected chi connectivity index (χ3v) is 4.65. The summed E-state index contributed by atoms with van der Waals surface area (Å²) in [5.74, 6) is 1.16. The van der Waals surface area contributed by atoms with Crippen molar-refractivity contribution in [3.05, 3.63) is 61.2 Å². The highest BCUT2D eigenvalue weighted by Gasteiger charge is 2.16. The maximum atomic E-state index is 5.73. The molecule has 0 saturated carbocycles. The summed E-state index contributed by atoms with van der Waals surface area (Å²) in [4.78, 5) is 20.4. The van der Waals surface area contributed by atoms with E-state index in [0.29, 0.717) is 27.3 Å². The van der Waals surface area contributed by atoms with Crippen molar-refractivity contribution < 1.29 is 4.42 Å². The molecule has 4 aromatic heterocycles. The minimum Gasteiger partial charge on any atom is -0.411 e. The van der Waals surface area contributed by atoms with Gasteiger partial charge < -0.3 is 9.40 Å². The molecular weight excluding hydrogens is 362 g/mol. The van der Waals surface area contributed by atoms with Gasteiger partial charge in [0, 0.05) is 23.5 Å². The smallest absolute Gasteiger partial charge is 0.283 e. The Bertz CT molecular complexity index is 1200. The second-order valence-corrected chi connectivity index (χ2v) is 6.48. The van der Waals surface area contributed by atoms with Gasteiger partial charge in [-0.15, -0.1) is 10.2 Å². The van der Waals surface area contributed by atoms with E-state index in [1.54, 1.807) is 12.4 Å². The zero-order chi connectivity index (χ0) is 18.1. The topological polar surface area (TPSA) is 106 Å². The first kappa shape index (κ1) is 15.6. The maximum Gasteiger partial charge on any atom is 0.283 e. The molecule has 0 aliphatic heterocycles. The van der Waals surface area contributed by atoms with Crippen LogP contribution in [0.2, 0.25) is 0 Å². The molecule has 27 heavy (non-hydrogen) atoms. The number of aromatic nitrogens is 7. The number of hydrogen-bond acceptors (Lipinski definition) is 8. The highest BCUT2D eigenvalue weighted by molar-refractivity contribution is 7.99. The van der Waals surface area contributed by atoms with Gasteiger partial charge in [-0.05, 0) is 23.9 Å². The fourth-order valence-electron chi connectivity index (χ4n) is 2.56. The molecule has 0 amide bonds. The maximum absolute atomic E-state index is 5.73. The lowest BCUT2D eigenvalue weighted by Crippen LogP contribution is -1.85. The lowest BCUT2D eigenvalue weighted by molar-refractivity contribution is 0.465. The van der Waals surface area contributed by atoms with Crippen molar-refractivity contribution in [1.29, 1.82) is 0 Å². The number of nitrogens with one attached hydrogen (secondary N) is 1. The zero-order valence-electron chi connectivity index (χ0n) is 13.8. The van der Waals surface area contributed by atoms with E-state index in [9.17, 15) is 0 Å². The molecule has 0 fully saturated rings. The lowest BCUT2D eigenvalue weighted by atomic mass is 10.2. The number of H-pyrrole nitrogens is 1. The zero-order valence-corrected chi connectivity index (χ0v) is 14.6. The molecule has 0 saturated heterocycles. The van der Waals surface area contributed by atoms with Crippen molar-refractivity contribution in [1.82, 2.24) is 35.1 Å². The number of fused-ring (bicyclic) bond motifs is 1. The lowest BCUT2D eigenvalue weighted by Gasteiger charge is -1.96. The van der Waals surface area contributed by atoms with Crippen molar-refractivity contribution in [2.45, 2.75) is 10.2 Å². The predicted molar refractivity (Wildman–Crippen MR) is 98.8 cm³/mol. The fraction of sp³-hybridized carbons (Fsp3) is 0. The Morgan fingerprint density at radius 1 is 0.889 bits per heavy atom. The van der Waals surface area contributed by atoms with Crippen LogP contribution < -0.4 is 0 Å². The van der Waals surface area contributed by atoms with E-state index in [2.05, 4.69) is 35.1 Å². The predicted octanol–water partition coefficient (Wildman–Crippen LogP) is 3.62. The second kappa shape index (κ2) is 6.61. The van der Waals surface area contributed by atoms with Gasteiger partial charge in [0.1, 0.15) is 22.7 Å². The first-order valence-electron chi connectivity index (χ1n) is 8.05. The molecule has 130 valence electrons.